The molecule has 2 nitrogen and oxygen atoms in total. The number of rotatable bonds is 11. The molecule has 9 aromatic carbocycles. The van der Waals surface area contributed by atoms with Crippen molar-refractivity contribution in [2.24, 2.45) is 0 Å². The molecule has 0 N–H and O–H groups in total. The predicted octanol–water partition coefficient (Wildman–Crippen LogP) is 17.1. The molecule has 0 atom stereocenters. The molecule has 0 heterocycles. The first-order valence-corrected chi connectivity index (χ1v) is 21.8. The Balaban J connectivity index is 1.16. The van der Waals surface area contributed by atoms with Crippen molar-refractivity contribution >= 4 is 68.7 Å². The molecular formula is C61H52N2. The topological polar surface area (TPSA) is 6.48 Å². The highest BCUT2D eigenvalue weighted by Crippen LogP contribution is 2.49. The number of anilines is 6. The van der Waals surface area contributed by atoms with Crippen molar-refractivity contribution in [2.45, 2.75) is 34.6 Å². The molecule has 2 heteroatoms. The molecule has 0 spiro atoms. The molecule has 0 amide bonds. The number of aryl methyl sites for hydroxylation is 3. The maximum atomic E-state index is 2.44. The van der Waals surface area contributed by atoms with Gasteiger partial charge in [-0.3, -0.25) is 0 Å². The lowest BCUT2D eigenvalue weighted by Crippen LogP contribution is -2.16. The van der Waals surface area contributed by atoms with Crippen LogP contribution < -0.4 is 9.80 Å². The van der Waals surface area contributed by atoms with E-state index in [-0.39, 0.29) is 0 Å². The number of nitrogens with zero attached hydrogens (tertiary/aromatic N) is 2. The molecule has 0 aromatic heterocycles. The van der Waals surface area contributed by atoms with E-state index >= 15 is 0 Å². The van der Waals surface area contributed by atoms with Crippen LogP contribution >= 0.6 is 0 Å². The molecule has 0 bridgehead atoms. The Morgan fingerprint density at radius 1 is 0.317 bits per heavy atom. The summed E-state index contributed by atoms with van der Waals surface area (Å²) in [4.78, 5) is 4.86. The third kappa shape index (κ3) is 8.76. The van der Waals surface area contributed by atoms with Crippen LogP contribution in [0.4, 0.5) is 34.1 Å². The molecule has 9 aromatic rings. The van der Waals surface area contributed by atoms with Crippen molar-refractivity contribution in [1.82, 2.24) is 0 Å². The Morgan fingerprint density at radius 2 is 0.635 bits per heavy atom. The van der Waals surface area contributed by atoms with Crippen LogP contribution in [0, 0.1) is 34.6 Å². The van der Waals surface area contributed by atoms with Gasteiger partial charge in [0.2, 0.25) is 0 Å². The van der Waals surface area contributed by atoms with Crippen LogP contribution in [0.5, 0.6) is 0 Å². The maximum Gasteiger partial charge on any atom is 0.0573 e. The second-order valence-electron chi connectivity index (χ2n) is 16.6. The third-order valence-electron chi connectivity index (χ3n) is 12.1. The molecule has 0 saturated carbocycles. The fourth-order valence-corrected chi connectivity index (χ4v) is 8.49. The molecule has 0 aliphatic rings. The molecular weight excluding hydrogens is 761 g/mol. The van der Waals surface area contributed by atoms with E-state index in [1.54, 1.807) is 0 Å². The van der Waals surface area contributed by atoms with E-state index in [4.69, 9.17) is 0 Å². The van der Waals surface area contributed by atoms with Gasteiger partial charge in [-0.15, -0.1) is 0 Å². The van der Waals surface area contributed by atoms with Crippen LogP contribution in [-0.4, -0.2) is 0 Å². The van der Waals surface area contributed by atoms with Gasteiger partial charge >= 0.3 is 0 Å². The van der Waals surface area contributed by atoms with Gasteiger partial charge in [0.05, 0.1) is 11.4 Å². The highest BCUT2D eigenvalue weighted by Gasteiger charge is 2.25. The van der Waals surface area contributed by atoms with Gasteiger partial charge < -0.3 is 9.80 Å². The van der Waals surface area contributed by atoms with Crippen LogP contribution in [0.2, 0.25) is 0 Å². The summed E-state index contributed by atoms with van der Waals surface area (Å²) >= 11 is 0. The SMILES string of the molecule is Cc1ccc(/C=C/c2ccc(N(c3ccccc3)c3c(C)c(C)c(N(c4ccccc4)c4ccc(C=C(c5ccc(C)cc5)c5ccc(C)cc5)cc4)c4ccccc34)cc2)cc1. The van der Waals surface area contributed by atoms with Crippen molar-refractivity contribution in [1.29, 1.82) is 0 Å². The lowest BCUT2D eigenvalue weighted by molar-refractivity contribution is 1.21. The summed E-state index contributed by atoms with van der Waals surface area (Å²) in [5.74, 6) is 0. The van der Waals surface area contributed by atoms with Crippen LogP contribution in [0.25, 0.3) is 34.6 Å². The average molecular weight is 813 g/mol. The van der Waals surface area contributed by atoms with E-state index in [1.807, 2.05) is 0 Å². The summed E-state index contributed by atoms with van der Waals surface area (Å²) in [6.45, 7) is 11.0. The largest absolute Gasteiger partial charge is 0.310 e. The van der Waals surface area contributed by atoms with Gasteiger partial charge in [0.1, 0.15) is 0 Å². The molecule has 63 heavy (non-hydrogen) atoms. The van der Waals surface area contributed by atoms with Crippen molar-refractivity contribution in [3.05, 3.63) is 262 Å². The number of hydrogen-bond acceptors (Lipinski definition) is 2. The number of para-hydroxylation sites is 2. The summed E-state index contributed by atoms with van der Waals surface area (Å²) in [7, 11) is 0. The first-order chi connectivity index (χ1) is 30.8. The van der Waals surface area contributed by atoms with Crippen LogP contribution in [0.1, 0.15) is 55.6 Å². The van der Waals surface area contributed by atoms with Crippen molar-refractivity contribution in [2.75, 3.05) is 9.80 Å². The van der Waals surface area contributed by atoms with Gasteiger partial charge in [0.25, 0.3) is 0 Å². The second kappa shape index (κ2) is 18.1. The Morgan fingerprint density at radius 3 is 1.03 bits per heavy atom. The van der Waals surface area contributed by atoms with E-state index in [2.05, 4.69) is 269 Å². The monoisotopic (exact) mass is 812 g/mol. The zero-order chi connectivity index (χ0) is 43.3. The normalized spacial score (nSPS) is 11.2. The summed E-state index contributed by atoms with van der Waals surface area (Å²) in [5.41, 5.74) is 20.1. The van der Waals surface area contributed by atoms with Crippen molar-refractivity contribution in [3.63, 3.8) is 0 Å². The van der Waals surface area contributed by atoms with Crippen LogP contribution in [0.3, 0.4) is 0 Å². The molecule has 0 aliphatic carbocycles. The van der Waals surface area contributed by atoms with E-state index in [1.165, 1.54) is 72.2 Å². The van der Waals surface area contributed by atoms with E-state index in [0.29, 0.717) is 0 Å². The molecule has 9 rings (SSSR count). The first kappa shape index (κ1) is 40.7. The quantitative estimate of drug-likeness (QED) is 0.120. The van der Waals surface area contributed by atoms with Gasteiger partial charge in [-0.2, -0.15) is 0 Å². The highest BCUT2D eigenvalue weighted by molar-refractivity contribution is 6.10. The fraction of sp³-hybridized carbons (Fsp3) is 0.0820. The fourth-order valence-electron chi connectivity index (χ4n) is 8.49. The van der Waals surface area contributed by atoms with Crippen LogP contribution in [0.15, 0.2) is 206 Å². The second-order valence-corrected chi connectivity index (χ2v) is 16.6. The summed E-state index contributed by atoms with van der Waals surface area (Å²) in [5, 5.41) is 2.37. The molecule has 0 radical (unpaired) electrons. The predicted molar refractivity (Wildman–Crippen MR) is 272 cm³/mol. The number of fused-ring (bicyclic) bond motifs is 1. The zero-order valence-corrected chi connectivity index (χ0v) is 36.8. The van der Waals surface area contributed by atoms with Gasteiger partial charge in [-0.05, 0) is 134 Å². The average Bonchev–Trinajstić information content (AvgIpc) is 3.32. The Labute approximate surface area is 373 Å². The van der Waals surface area contributed by atoms with Gasteiger partial charge in [0, 0.05) is 33.5 Å². The zero-order valence-electron chi connectivity index (χ0n) is 36.8. The third-order valence-corrected chi connectivity index (χ3v) is 12.1. The molecule has 0 saturated heterocycles. The smallest absolute Gasteiger partial charge is 0.0573 e. The van der Waals surface area contributed by atoms with Crippen molar-refractivity contribution < 1.29 is 0 Å². The summed E-state index contributed by atoms with van der Waals surface area (Å²) in [6.07, 6.45) is 6.69. The van der Waals surface area contributed by atoms with Crippen LogP contribution in [-0.2, 0) is 0 Å². The lowest BCUT2D eigenvalue weighted by Gasteiger charge is -2.34. The molecule has 306 valence electrons. The van der Waals surface area contributed by atoms with Crippen molar-refractivity contribution in [3.8, 4) is 0 Å². The minimum Gasteiger partial charge on any atom is -0.310 e. The van der Waals surface area contributed by atoms with Gasteiger partial charge in [-0.25, -0.2) is 0 Å². The Bertz CT molecular complexity index is 2990. The summed E-state index contributed by atoms with van der Waals surface area (Å²) < 4.78 is 0. The Kier molecular flexibility index (Phi) is 11.7. The lowest BCUT2D eigenvalue weighted by atomic mass is 9.93. The number of benzene rings is 9. The standard InChI is InChI=1S/C61H52N2/c1-43-20-26-48(27-21-43)28-29-49-30-38-55(39-31-49)62(53-14-8-6-9-15-53)60-46(4)47(5)61(58-19-13-12-18-57(58)60)63(54-16-10-7-11-17-54)56-40-32-50(33-41-56)42-59(51-34-22-44(2)23-35-51)52-36-24-45(3)25-37-52/h6-42H,1-5H3/b29-28+. The molecule has 0 fully saturated rings. The minimum absolute atomic E-state index is 1.10. The molecule has 0 unspecified atom stereocenters. The number of hydrogen-bond donors (Lipinski definition) is 0. The first-order valence-electron chi connectivity index (χ1n) is 21.8. The van der Waals surface area contributed by atoms with Gasteiger partial charge in [0.15, 0.2) is 0 Å². The van der Waals surface area contributed by atoms with E-state index < -0.39 is 0 Å². The summed E-state index contributed by atoms with van der Waals surface area (Å²) in [6, 6.07) is 74.7. The van der Waals surface area contributed by atoms with Gasteiger partial charge in [-0.1, -0.05) is 187 Å². The van der Waals surface area contributed by atoms with E-state index in [0.717, 1.165) is 33.9 Å². The van der Waals surface area contributed by atoms with E-state index in [9.17, 15) is 0 Å². The minimum atomic E-state index is 1.10. The maximum absolute atomic E-state index is 2.44. The molecule has 0 aliphatic heterocycles. The highest BCUT2D eigenvalue weighted by atomic mass is 15.2. The Hall–Kier alpha value is -7.68.